The lowest BCUT2D eigenvalue weighted by Gasteiger charge is -1.92. The Morgan fingerprint density at radius 1 is 1.50 bits per heavy atom. The molecule has 0 aromatic heterocycles. The predicted octanol–water partition coefficient (Wildman–Crippen LogP) is 3.64. The Kier molecular flexibility index (Phi) is 5.02. The van der Waals surface area contributed by atoms with Gasteiger partial charge in [0.1, 0.15) is 0 Å². The summed E-state index contributed by atoms with van der Waals surface area (Å²) in [7, 11) is 1.76. The van der Waals surface area contributed by atoms with Gasteiger partial charge >= 0.3 is 0 Å². The molecule has 0 spiro atoms. The summed E-state index contributed by atoms with van der Waals surface area (Å²) in [6.45, 7) is 0. The molecule has 0 aliphatic heterocycles. The van der Waals surface area contributed by atoms with Crippen LogP contribution in [0.1, 0.15) is 12.8 Å². The van der Waals surface area contributed by atoms with Gasteiger partial charge in [0, 0.05) is 24.7 Å². The number of hydrogen-bond acceptors (Lipinski definition) is 1. The van der Waals surface area contributed by atoms with Crippen molar-refractivity contribution in [2.24, 2.45) is 4.99 Å². The summed E-state index contributed by atoms with van der Waals surface area (Å²) in [5, 5.41) is 0.885. The van der Waals surface area contributed by atoms with Crippen LogP contribution in [0.2, 0.25) is 0 Å². The largest absolute Gasteiger partial charge is 0.297 e. The van der Waals surface area contributed by atoms with E-state index >= 15 is 0 Å². The second-order valence-corrected chi connectivity index (χ2v) is 3.49. The topological polar surface area (TPSA) is 12.4 Å². The standard InChI is InChI=1S/C12H14ClN/c1-14-10-3-2-5-11-6-4-7-12(13)9-8-11/h2-4,6,8-10H,5,7H2,1H3/b3-2-,14-10-. The predicted molar refractivity (Wildman–Crippen MR) is 63.9 cm³/mol. The van der Waals surface area contributed by atoms with Crippen molar-refractivity contribution in [3.05, 3.63) is 47.1 Å². The molecule has 0 atom stereocenters. The minimum atomic E-state index is 0.835. The third-order valence-electron chi connectivity index (χ3n) is 1.85. The Morgan fingerprint density at radius 3 is 3.14 bits per heavy atom. The molecule has 1 rings (SSSR count). The van der Waals surface area contributed by atoms with Gasteiger partial charge in [0.05, 0.1) is 0 Å². The number of rotatable bonds is 3. The Bertz CT molecular complexity index is 319. The van der Waals surface area contributed by atoms with E-state index in [1.807, 2.05) is 12.2 Å². The molecule has 0 N–H and O–H groups in total. The van der Waals surface area contributed by atoms with Crippen molar-refractivity contribution in [1.82, 2.24) is 0 Å². The molecule has 0 amide bonds. The van der Waals surface area contributed by atoms with Crippen LogP contribution in [-0.2, 0) is 0 Å². The van der Waals surface area contributed by atoms with E-state index in [2.05, 4.69) is 29.3 Å². The average molecular weight is 208 g/mol. The molecule has 0 aromatic rings. The van der Waals surface area contributed by atoms with Gasteiger partial charge in [0.2, 0.25) is 0 Å². The molecule has 1 aliphatic rings. The van der Waals surface area contributed by atoms with Gasteiger partial charge in [-0.05, 0) is 24.1 Å². The minimum Gasteiger partial charge on any atom is -0.297 e. The highest BCUT2D eigenvalue weighted by Gasteiger charge is 1.94. The first-order chi connectivity index (χ1) is 6.83. The quantitative estimate of drug-likeness (QED) is 0.627. The maximum absolute atomic E-state index is 5.90. The zero-order valence-electron chi connectivity index (χ0n) is 8.28. The van der Waals surface area contributed by atoms with Crippen molar-refractivity contribution in [2.75, 3.05) is 7.05 Å². The van der Waals surface area contributed by atoms with Crippen molar-refractivity contribution in [1.29, 1.82) is 0 Å². The van der Waals surface area contributed by atoms with Crippen LogP contribution >= 0.6 is 11.6 Å². The fourth-order valence-corrected chi connectivity index (χ4v) is 1.28. The molecule has 1 nitrogen and oxygen atoms in total. The third-order valence-corrected chi connectivity index (χ3v) is 2.13. The second kappa shape index (κ2) is 6.39. The van der Waals surface area contributed by atoms with Gasteiger partial charge in [-0.25, -0.2) is 0 Å². The Labute approximate surface area is 90.2 Å². The first-order valence-corrected chi connectivity index (χ1v) is 5.00. The average Bonchev–Trinajstić information content (AvgIpc) is 2.38. The number of nitrogens with zero attached hydrogens (tertiary/aromatic N) is 1. The molecule has 0 unspecified atom stereocenters. The van der Waals surface area contributed by atoms with Gasteiger partial charge in [-0.15, -0.1) is 0 Å². The molecule has 14 heavy (non-hydrogen) atoms. The van der Waals surface area contributed by atoms with Crippen LogP contribution in [0, 0.1) is 0 Å². The van der Waals surface area contributed by atoms with Gasteiger partial charge in [-0.3, -0.25) is 4.99 Å². The Morgan fingerprint density at radius 2 is 2.36 bits per heavy atom. The summed E-state index contributed by atoms with van der Waals surface area (Å²) in [5.41, 5.74) is 1.27. The summed E-state index contributed by atoms with van der Waals surface area (Å²) in [5.74, 6) is 0. The van der Waals surface area contributed by atoms with E-state index in [-0.39, 0.29) is 0 Å². The van der Waals surface area contributed by atoms with Crippen LogP contribution in [0.15, 0.2) is 52.1 Å². The highest BCUT2D eigenvalue weighted by molar-refractivity contribution is 6.29. The molecule has 0 aromatic carbocycles. The van der Waals surface area contributed by atoms with Crippen molar-refractivity contribution >= 4 is 17.8 Å². The molecule has 0 radical (unpaired) electrons. The SMILES string of the molecule is C/N=C\C=C/CC1=CC=C(Cl)CC=C1. The van der Waals surface area contributed by atoms with Crippen LogP contribution in [0.4, 0.5) is 0 Å². The van der Waals surface area contributed by atoms with Crippen molar-refractivity contribution in [3.63, 3.8) is 0 Å². The highest BCUT2D eigenvalue weighted by atomic mass is 35.5. The van der Waals surface area contributed by atoms with E-state index in [1.54, 1.807) is 13.3 Å². The zero-order chi connectivity index (χ0) is 10.2. The Balaban J connectivity index is 2.52. The summed E-state index contributed by atoms with van der Waals surface area (Å²) in [4.78, 5) is 3.87. The van der Waals surface area contributed by atoms with Gasteiger partial charge in [0.15, 0.2) is 0 Å². The summed E-state index contributed by atoms with van der Waals surface area (Å²) < 4.78 is 0. The van der Waals surface area contributed by atoms with Crippen molar-refractivity contribution in [2.45, 2.75) is 12.8 Å². The molecule has 2 heteroatoms. The lowest BCUT2D eigenvalue weighted by atomic mass is 10.1. The monoisotopic (exact) mass is 207 g/mol. The molecular formula is C12H14ClN. The van der Waals surface area contributed by atoms with Crippen LogP contribution < -0.4 is 0 Å². The van der Waals surface area contributed by atoms with Gasteiger partial charge in [-0.2, -0.15) is 0 Å². The van der Waals surface area contributed by atoms with Crippen LogP contribution in [0.25, 0.3) is 0 Å². The molecule has 1 aliphatic carbocycles. The molecule has 0 heterocycles. The van der Waals surface area contributed by atoms with E-state index in [1.165, 1.54) is 5.57 Å². The third kappa shape index (κ3) is 4.24. The Hall–Kier alpha value is -1.08. The second-order valence-electron chi connectivity index (χ2n) is 3.00. The van der Waals surface area contributed by atoms with Gasteiger partial charge in [-0.1, -0.05) is 35.9 Å². The normalized spacial score (nSPS) is 17.3. The molecule has 0 bridgehead atoms. The fraction of sp³-hybridized carbons (Fsp3) is 0.250. The fourth-order valence-electron chi connectivity index (χ4n) is 1.13. The lowest BCUT2D eigenvalue weighted by Crippen LogP contribution is -1.74. The maximum Gasteiger partial charge on any atom is 0.0277 e. The number of halogens is 1. The van der Waals surface area contributed by atoms with Gasteiger partial charge in [0.25, 0.3) is 0 Å². The first-order valence-electron chi connectivity index (χ1n) is 4.62. The van der Waals surface area contributed by atoms with E-state index in [9.17, 15) is 0 Å². The van der Waals surface area contributed by atoms with E-state index < -0.39 is 0 Å². The van der Waals surface area contributed by atoms with E-state index in [0.29, 0.717) is 0 Å². The smallest absolute Gasteiger partial charge is 0.0277 e. The first kappa shape index (κ1) is 11.0. The lowest BCUT2D eigenvalue weighted by molar-refractivity contribution is 1.28. The molecule has 74 valence electrons. The van der Waals surface area contributed by atoms with E-state index in [4.69, 9.17) is 11.6 Å². The molecule has 0 saturated heterocycles. The minimum absolute atomic E-state index is 0.835. The summed E-state index contributed by atoms with van der Waals surface area (Å²) in [6, 6.07) is 0. The summed E-state index contributed by atoms with van der Waals surface area (Å²) >= 11 is 5.90. The molecular weight excluding hydrogens is 194 g/mol. The van der Waals surface area contributed by atoms with Gasteiger partial charge < -0.3 is 0 Å². The number of hydrogen-bond donors (Lipinski definition) is 0. The van der Waals surface area contributed by atoms with Crippen molar-refractivity contribution in [3.8, 4) is 0 Å². The molecule has 0 saturated carbocycles. The van der Waals surface area contributed by atoms with Crippen LogP contribution in [-0.4, -0.2) is 13.3 Å². The number of allylic oxidation sites excluding steroid dienone is 8. The summed E-state index contributed by atoms with van der Waals surface area (Å²) in [6.07, 6.45) is 15.8. The highest BCUT2D eigenvalue weighted by Crippen LogP contribution is 2.16. The van der Waals surface area contributed by atoms with Crippen LogP contribution in [0.3, 0.4) is 0 Å². The van der Waals surface area contributed by atoms with E-state index in [0.717, 1.165) is 17.9 Å². The maximum atomic E-state index is 5.90. The van der Waals surface area contributed by atoms with Crippen LogP contribution in [0.5, 0.6) is 0 Å². The number of aliphatic imine (C=N–C) groups is 1. The molecule has 0 fully saturated rings. The van der Waals surface area contributed by atoms with Crippen molar-refractivity contribution < 1.29 is 0 Å². The zero-order valence-corrected chi connectivity index (χ0v) is 9.04.